The average Bonchev–Trinajstić information content (AvgIpc) is 2.64. The molecule has 2 rings (SSSR count). The third-order valence-electron chi connectivity index (χ3n) is 2.03. The number of nitrogen functional groups attached to an aromatic ring is 1. The zero-order valence-corrected chi connectivity index (χ0v) is 8.90. The second kappa shape index (κ2) is 3.82. The lowest BCUT2D eigenvalue weighted by Crippen LogP contribution is -2.00. The number of halogens is 1. The normalized spacial score (nSPS) is 10.3. The van der Waals surface area contributed by atoms with Crippen molar-refractivity contribution in [1.29, 1.82) is 0 Å². The maximum Gasteiger partial charge on any atom is 0.121 e. The van der Waals surface area contributed by atoms with Gasteiger partial charge in [-0.15, -0.1) is 0 Å². The van der Waals surface area contributed by atoms with Gasteiger partial charge in [0, 0.05) is 12.3 Å². The summed E-state index contributed by atoms with van der Waals surface area (Å²) in [6, 6.07) is 5.39. The average molecular weight is 224 g/mol. The lowest BCUT2D eigenvalue weighted by Gasteiger charge is -2.07. The highest BCUT2D eigenvalue weighted by atomic mass is 35.5. The fourth-order valence-electron chi connectivity index (χ4n) is 1.30. The van der Waals surface area contributed by atoms with Gasteiger partial charge in [0.25, 0.3) is 0 Å². The Labute approximate surface area is 92.2 Å². The van der Waals surface area contributed by atoms with Gasteiger partial charge in [-0.1, -0.05) is 11.6 Å². The third-order valence-corrected chi connectivity index (χ3v) is 2.23. The van der Waals surface area contributed by atoms with E-state index in [0.717, 1.165) is 11.4 Å². The van der Waals surface area contributed by atoms with Gasteiger partial charge in [-0.2, -0.15) is 5.10 Å². The maximum atomic E-state index is 5.85. The van der Waals surface area contributed by atoms with Crippen LogP contribution in [0.3, 0.4) is 0 Å². The molecule has 0 atom stereocenters. The lowest BCUT2D eigenvalue weighted by molar-refractivity contribution is 0.415. The van der Waals surface area contributed by atoms with Gasteiger partial charge in [0.2, 0.25) is 0 Å². The zero-order chi connectivity index (χ0) is 10.8. The second-order valence-corrected chi connectivity index (χ2v) is 3.46. The summed E-state index contributed by atoms with van der Waals surface area (Å²) in [4.78, 5) is 0. The molecule has 0 saturated heterocycles. The molecule has 0 fully saturated rings. The number of nitrogens with zero attached hydrogens (tertiary/aromatic N) is 2. The Kier molecular flexibility index (Phi) is 2.51. The predicted molar refractivity (Wildman–Crippen MR) is 59.5 cm³/mol. The van der Waals surface area contributed by atoms with Crippen molar-refractivity contribution in [1.82, 2.24) is 9.78 Å². The van der Waals surface area contributed by atoms with Gasteiger partial charge in [-0.25, -0.2) is 4.68 Å². The van der Waals surface area contributed by atoms with Crippen molar-refractivity contribution >= 4 is 17.3 Å². The van der Waals surface area contributed by atoms with Crippen molar-refractivity contribution in [3.05, 3.63) is 35.6 Å². The number of methoxy groups -OCH3 is 1. The van der Waals surface area contributed by atoms with Gasteiger partial charge in [0.1, 0.15) is 5.75 Å². The van der Waals surface area contributed by atoms with Crippen LogP contribution in [0.25, 0.3) is 5.69 Å². The molecule has 0 aliphatic rings. The highest BCUT2D eigenvalue weighted by Gasteiger charge is 2.04. The van der Waals surface area contributed by atoms with Gasteiger partial charge in [-0.05, 0) is 12.1 Å². The first-order valence-corrected chi connectivity index (χ1v) is 4.72. The Morgan fingerprint density at radius 2 is 2.27 bits per heavy atom. The van der Waals surface area contributed by atoms with Gasteiger partial charge >= 0.3 is 0 Å². The first-order chi connectivity index (χ1) is 7.20. The van der Waals surface area contributed by atoms with Gasteiger partial charge in [-0.3, -0.25) is 0 Å². The molecule has 2 aromatic rings. The van der Waals surface area contributed by atoms with Crippen molar-refractivity contribution in [2.45, 2.75) is 0 Å². The molecule has 0 aliphatic heterocycles. The Bertz CT molecular complexity index is 481. The Hall–Kier alpha value is -1.68. The summed E-state index contributed by atoms with van der Waals surface area (Å²) in [7, 11) is 1.60. The lowest BCUT2D eigenvalue weighted by atomic mass is 10.2. The molecule has 0 amide bonds. The van der Waals surface area contributed by atoms with Crippen molar-refractivity contribution < 1.29 is 4.74 Å². The van der Waals surface area contributed by atoms with E-state index in [1.54, 1.807) is 30.3 Å². The molecule has 15 heavy (non-hydrogen) atoms. The molecule has 0 unspecified atom stereocenters. The fraction of sp³-hybridized carbons (Fsp3) is 0.100. The number of anilines is 1. The zero-order valence-electron chi connectivity index (χ0n) is 8.14. The minimum Gasteiger partial charge on any atom is -0.497 e. The topological polar surface area (TPSA) is 53.1 Å². The number of hydrogen-bond acceptors (Lipinski definition) is 3. The van der Waals surface area contributed by atoms with Crippen molar-refractivity contribution in [2.24, 2.45) is 0 Å². The summed E-state index contributed by atoms with van der Waals surface area (Å²) in [5.41, 5.74) is 7.23. The molecule has 0 saturated carbocycles. The smallest absolute Gasteiger partial charge is 0.121 e. The van der Waals surface area contributed by atoms with E-state index in [9.17, 15) is 0 Å². The number of aromatic nitrogens is 2. The minimum absolute atomic E-state index is 0.574. The summed E-state index contributed by atoms with van der Waals surface area (Å²) in [6.07, 6.45) is 3.25. The summed E-state index contributed by atoms with van der Waals surface area (Å²) in [6.45, 7) is 0. The molecular weight excluding hydrogens is 214 g/mol. The van der Waals surface area contributed by atoms with Crippen LogP contribution in [-0.4, -0.2) is 16.9 Å². The first kappa shape index (κ1) is 9.86. The summed E-state index contributed by atoms with van der Waals surface area (Å²) >= 11 is 5.77. The van der Waals surface area contributed by atoms with Gasteiger partial charge < -0.3 is 10.5 Å². The third kappa shape index (κ3) is 1.89. The van der Waals surface area contributed by atoms with Crippen LogP contribution in [0.5, 0.6) is 5.75 Å². The summed E-state index contributed by atoms with van der Waals surface area (Å²) in [5.74, 6) is 0.717. The molecule has 2 N–H and O–H groups in total. The maximum absolute atomic E-state index is 5.85. The molecule has 78 valence electrons. The van der Waals surface area contributed by atoms with Crippen LogP contribution in [0.4, 0.5) is 5.69 Å². The van der Waals surface area contributed by atoms with E-state index in [4.69, 9.17) is 22.1 Å². The van der Waals surface area contributed by atoms with Crippen molar-refractivity contribution in [3.8, 4) is 11.4 Å². The van der Waals surface area contributed by atoms with E-state index in [2.05, 4.69) is 5.10 Å². The van der Waals surface area contributed by atoms with Crippen LogP contribution in [0.2, 0.25) is 5.02 Å². The van der Waals surface area contributed by atoms with Crippen LogP contribution in [0.15, 0.2) is 30.6 Å². The van der Waals surface area contributed by atoms with E-state index >= 15 is 0 Å². The van der Waals surface area contributed by atoms with E-state index in [0.29, 0.717) is 10.7 Å². The summed E-state index contributed by atoms with van der Waals surface area (Å²) < 4.78 is 6.68. The van der Waals surface area contributed by atoms with E-state index < -0.39 is 0 Å². The first-order valence-electron chi connectivity index (χ1n) is 4.35. The molecule has 1 aromatic heterocycles. The Balaban J connectivity index is 2.45. The number of hydrogen-bond donors (Lipinski definition) is 1. The van der Waals surface area contributed by atoms with Crippen LogP contribution >= 0.6 is 11.6 Å². The van der Waals surface area contributed by atoms with Crippen LogP contribution in [-0.2, 0) is 0 Å². The standard InChI is InChI=1S/C10H10ClN3O/c1-15-8-2-3-10(9(12)4-8)14-6-7(11)5-13-14/h2-6H,12H2,1H3. The quantitative estimate of drug-likeness (QED) is 0.794. The summed E-state index contributed by atoms with van der Waals surface area (Å²) in [5, 5.41) is 4.64. The minimum atomic E-state index is 0.574. The van der Waals surface area contributed by atoms with Crippen molar-refractivity contribution in [3.63, 3.8) is 0 Å². The molecule has 0 bridgehead atoms. The molecule has 0 aliphatic carbocycles. The largest absolute Gasteiger partial charge is 0.497 e. The number of rotatable bonds is 2. The number of benzene rings is 1. The van der Waals surface area contributed by atoms with E-state index in [1.807, 2.05) is 12.1 Å². The monoisotopic (exact) mass is 223 g/mol. The molecule has 4 nitrogen and oxygen atoms in total. The molecule has 0 spiro atoms. The van der Waals surface area contributed by atoms with Crippen LogP contribution < -0.4 is 10.5 Å². The number of ether oxygens (including phenoxy) is 1. The molecular formula is C10H10ClN3O. The SMILES string of the molecule is COc1ccc(-n2cc(Cl)cn2)c(N)c1. The molecule has 1 aromatic carbocycles. The van der Waals surface area contributed by atoms with E-state index in [-0.39, 0.29) is 0 Å². The van der Waals surface area contributed by atoms with Gasteiger partial charge in [0.05, 0.1) is 29.7 Å². The highest BCUT2D eigenvalue weighted by molar-refractivity contribution is 6.30. The Morgan fingerprint density at radius 3 is 2.80 bits per heavy atom. The van der Waals surface area contributed by atoms with Crippen LogP contribution in [0, 0.1) is 0 Å². The second-order valence-electron chi connectivity index (χ2n) is 3.03. The Morgan fingerprint density at radius 1 is 1.47 bits per heavy atom. The number of nitrogens with two attached hydrogens (primary N) is 1. The molecule has 0 radical (unpaired) electrons. The fourth-order valence-corrected chi connectivity index (χ4v) is 1.44. The highest BCUT2D eigenvalue weighted by Crippen LogP contribution is 2.23. The van der Waals surface area contributed by atoms with E-state index in [1.165, 1.54) is 0 Å². The molecule has 5 heteroatoms. The van der Waals surface area contributed by atoms with Crippen molar-refractivity contribution in [2.75, 3.05) is 12.8 Å². The van der Waals surface area contributed by atoms with Gasteiger partial charge in [0.15, 0.2) is 0 Å². The van der Waals surface area contributed by atoms with Crippen LogP contribution in [0.1, 0.15) is 0 Å². The molecule has 1 heterocycles. The predicted octanol–water partition coefficient (Wildman–Crippen LogP) is 2.12.